The lowest BCUT2D eigenvalue weighted by Gasteiger charge is -2.10. The van der Waals surface area contributed by atoms with Crippen molar-refractivity contribution in [3.05, 3.63) is 70.8 Å². The number of hydrogen-bond acceptors (Lipinski definition) is 3. The average molecular weight is 365 g/mol. The Labute approximate surface area is 143 Å². The van der Waals surface area contributed by atoms with E-state index in [2.05, 4.69) is 27.0 Å². The Bertz CT molecular complexity index is 868. The molecule has 0 saturated heterocycles. The van der Waals surface area contributed by atoms with Crippen LogP contribution in [-0.4, -0.2) is 12.1 Å². The molecule has 1 heterocycles. The minimum atomic E-state index is 0.523. The van der Waals surface area contributed by atoms with Crippen molar-refractivity contribution >= 4 is 15.9 Å². The zero-order valence-corrected chi connectivity index (χ0v) is 14.0. The monoisotopic (exact) mass is 364 g/mol. The molecule has 0 aliphatic carbocycles. The molecule has 0 unspecified atom stereocenters. The number of halogens is 1. The minimum Gasteiger partial charge on any atom is -0.497 e. The Kier molecular flexibility index (Phi) is 4.40. The van der Waals surface area contributed by atoms with Crippen molar-refractivity contribution in [2.75, 3.05) is 7.11 Å². The van der Waals surface area contributed by atoms with E-state index in [1.54, 1.807) is 7.11 Å². The Morgan fingerprint density at radius 2 is 1.70 bits per heavy atom. The fraction of sp³-hybridized carbons (Fsp3) is 0.0526. The van der Waals surface area contributed by atoms with Crippen LogP contribution in [0.15, 0.2) is 65.3 Å². The second-order valence-electron chi connectivity index (χ2n) is 4.93. The van der Waals surface area contributed by atoms with E-state index in [1.165, 1.54) is 0 Å². The van der Waals surface area contributed by atoms with Crippen LogP contribution in [0.25, 0.3) is 22.4 Å². The molecule has 3 rings (SSSR count). The van der Waals surface area contributed by atoms with Gasteiger partial charge in [0.05, 0.1) is 18.4 Å². The molecule has 0 fully saturated rings. The van der Waals surface area contributed by atoms with Crippen molar-refractivity contribution in [3.8, 4) is 34.2 Å². The minimum absolute atomic E-state index is 0.523. The van der Waals surface area contributed by atoms with Gasteiger partial charge in [-0.15, -0.1) is 0 Å². The summed E-state index contributed by atoms with van der Waals surface area (Å²) in [5.74, 6) is 0.781. The van der Waals surface area contributed by atoms with Gasteiger partial charge in [-0.25, -0.2) is 4.98 Å². The van der Waals surface area contributed by atoms with Crippen molar-refractivity contribution < 1.29 is 4.74 Å². The highest BCUT2D eigenvalue weighted by atomic mass is 79.9. The van der Waals surface area contributed by atoms with Gasteiger partial charge in [-0.2, -0.15) is 5.26 Å². The lowest BCUT2D eigenvalue weighted by atomic mass is 9.99. The second kappa shape index (κ2) is 6.64. The van der Waals surface area contributed by atoms with E-state index in [9.17, 15) is 5.26 Å². The number of aromatic nitrogens is 1. The summed E-state index contributed by atoms with van der Waals surface area (Å²) in [5, 5.41) is 9.48. The average Bonchev–Trinajstić information content (AvgIpc) is 2.62. The standard InChI is InChI=1S/C19H13BrN2O/c1-23-15-9-7-13(8-10-15)16-11-18(14-5-3-2-4-6-14)22-19(20)17(16)12-21/h2-11H,1H3. The number of rotatable bonds is 3. The molecule has 3 aromatic rings. The fourth-order valence-electron chi connectivity index (χ4n) is 2.38. The van der Waals surface area contributed by atoms with E-state index in [4.69, 9.17) is 4.74 Å². The molecule has 3 nitrogen and oxygen atoms in total. The van der Waals surface area contributed by atoms with Gasteiger partial charge in [0.25, 0.3) is 0 Å². The van der Waals surface area contributed by atoms with Gasteiger partial charge in [0.15, 0.2) is 0 Å². The van der Waals surface area contributed by atoms with Gasteiger partial charge in [0.1, 0.15) is 16.4 Å². The third kappa shape index (κ3) is 3.10. The molecule has 0 atom stereocenters. The highest BCUT2D eigenvalue weighted by Gasteiger charge is 2.13. The molecule has 0 aliphatic rings. The highest BCUT2D eigenvalue weighted by Crippen LogP contribution is 2.32. The van der Waals surface area contributed by atoms with Crippen LogP contribution in [0.1, 0.15) is 5.56 Å². The van der Waals surface area contributed by atoms with Crippen molar-refractivity contribution in [1.82, 2.24) is 4.98 Å². The molecule has 112 valence electrons. The van der Waals surface area contributed by atoms with Crippen LogP contribution in [0.5, 0.6) is 5.75 Å². The first-order valence-electron chi connectivity index (χ1n) is 7.03. The van der Waals surface area contributed by atoms with Crippen LogP contribution in [-0.2, 0) is 0 Å². The van der Waals surface area contributed by atoms with E-state index in [0.717, 1.165) is 28.1 Å². The van der Waals surface area contributed by atoms with Crippen LogP contribution >= 0.6 is 15.9 Å². The summed E-state index contributed by atoms with van der Waals surface area (Å²) in [6, 6.07) is 21.7. The predicted molar refractivity (Wildman–Crippen MR) is 94.1 cm³/mol. The molecular weight excluding hydrogens is 352 g/mol. The Morgan fingerprint density at radius 1 is 1.00 bits per heavy atom. The maximum absolute atomic E-state index is 9.48. The Hall–Kier alpha value is -2.64. The third-order valence-corrected chi connectivity index (χ3v) is 4.13. The third-order valence-electron chi connectivity index (χ3n) is 3.56. The summed E-state index contributed by atoms with van der Waals surface area (Å²) in [7, 11) is 1.63. The molecule has 0 amide bonds. The van der Waals surface area contributed by atoms with Crippen molar-refractivity contribution in [1.29, 1.82) is 5.26 Å². The summed E-state index contributed by atoms with van der Waals surface area (Å²) < 4.78 is 5.74. The van der Waals surface area contributed by atoms with Gasteiger partial charge in [0, 0.05) is 11.1 Å². The van der Waals surface area contributed by atoms with E-state index >= 15 is 0 Å². The molecule has 0 bridgehead atoms. The van der Waals surface area contributed by atoms with E-state index < -0.39 is 0 Å². The van der Waals surface area contributed by atoms with Crippen LogP contribution in [0, 0.1) is 11.3 Å². The maximum atomic E-state index is 9.48. The fourth-order valence-corrected chi connectivity index (χ4v) is 2.87. The largest absolute Gasteiger partial charge is 0.497 e. The van der Waals surface area contributed by atoms with E-state index in [1.807, 2.05) is 60.7 Å². The first kappa shape index (κ1) is 15.3. The summed E-state index contributed by atoms with van der Waals surface area (Å²) in [5.41, 5.74) is 4.14. The first-order chi connectivity index (χ1) is 11.2. The molecule has 0 aliphatic heterocycles. The van der Waals surface area contributed by atoms with Crippen molar-refractivity contribution in [3.63, 3.8) is 0 Å². The zero-order chi connectivity index (χ0) is 16.2. The van der Waals surface area contributed by atoms with Gasteiger partial charge < -0.3 is 4.74 Å². The molecule has 0 radical (unpaired) electrons. The normalized spacial score (nSPS) is 10.1. The molecule has 0 spiro atoms. The molecule has 23 heavy (non-hydrogen) atoms. The first-order valence-corrected chi connectivity index (χ1v) is 7.82. The number of nitrogens with zero attached hydrogens (tertiary/aromatic N) is 2. The van der Waals surface area contributed by atoms with Crippen LogP contribution in [0.4, 0.5) is 0 Å². The smallest absolute Gasteiger partial charge is 0.125 e. The zero-order valence-electron chi connectivity index (χ0n) is 12.5. The quantitative estimate of drug-likeness (QED) is 0.610. The van der Waals surface area contributed by atoms with E-state index in [0.29, 0.717) is 10.2 Å². The number of pyridine rings is 1. The van der Waals surface area contributed by atoms with Crippen molar-refractivity contribution in [2.45, 2.75) is 0 Å². The Balaban J connectivity index is 2.18. The summed E-state index contributed by atoms with van der Waals surface area (Å²) in [6.45, 7) is 0. The van der Waals surface area contributed by atoms with Gasteiger partial charge in [0.2, 0.25) is 0 Å². The number of nitriles is 1. The van der Waals surface area contributed by atoms with Crippen LogP contribution in [0.2, 0.25) is 0 Å². The number of benzene rings is 2. The number of methoxy groups -OCH3 is 1. The van der Waals surface area contributed by atoms with Gasteiger partial charge in [-0.05, 0) is 39.7 Å². The highest BCUT2D eigenvalue weighted by molar-refractivity contribution is 9.10. The van der Waals surface area contributed by atoms with Crippen LogP contribution < -0.4 is 4.74 Å². The summed E-state index contributed by atoms with van der Waals surface area (Å²) >= 11 is 3.42. The second-order valence-corrected chi connectivity index (χ2v) is 5.68. The lowest BCUT2D eigenvalue weighted by molar-refractivity contribution is 0.415. The van der Waals surface area contributed by atoms with Gasteiger partial charge in [-0.3, -0.25) is 0 Å². The maximum Gasteiger partial charge on any atom is 0.125 e. The number of ether oxygens (including phenoxy) is 1. The molecular formula is C19H13BrN2O. The molecule has 2 aromatic carbocycles. The molecule has 0 saturated carbocycles. The van der Waals surface area contributed by atoms with Gasteiger partial charge in [-0.1, -0.05) is 42.5 Å². The van der Waals surface area contributed by atoms with Crippen molar-refractivity contribution in [2.24, 2.45) is 0 Å². The number of hydrogen-bond donors (Lipinski definition) is 0. The Morgan fingerprint density at radius 3 is 2.30 bits per heavy atom. The predicted octanol–water partition coefficient (Wildman–Crippen LogP) is 5.06. The van der Waals surface area contributed by atoms with Crippen LogP contribution in [0.3, 0.4) is 0 Å². The van der Waals surface area contributed by atoms with E-state index in [-0.39, 0.29) is 0 Å². The lowest BCUT2D eigenvalue weighted by Crippen LogP contribution is -1.93. The van der Waals surface area contributed by atoms with Gasteiger partial charge >= 0.3 is 0 Å². The SMILES string of the molecule is COc1ccc(-c2cc(-c3ccccc3)nc(Br)c2C#N)cc1. The summed E-state index contributed by atoms with van der Waals surface area (Å²) in [4.78, 5) is 4.50. The molecule has 4 heteroatoms. The molecule has 1 aromatic heterocycles. The molecule has 0 N–H and O–H groups in total. The topological polar surface area (TPSA) is 45.9 Å². The summed E-state index contributed by atoms with van der Waals surface area (Å²) in [6.07, 6.45) is 0.